The SMILES string of the molecule is CCOc1ccccc1/C=C/c1ccc(N(c2ccc(C)cc2)c2ccc(-c3ccc(N(c4ccc(C)cc4)c4ccc(/C=C/c5ccc(C)cc5)c(C)c4)cc3)cc2)cc1C.CCOc1ccccc1/C=C/c1ccc(N(c2ccc(C)cc2)c2ccc(-c3ccc(N(c4ccc(C)cc4)c4ccc(/C=C/c5ccccc5C)c(C)c4)cc3)cc2)cc1C. The summed E-state index contributed by atoms with van der Waals surface area (Å²) in [6.07, 6.45) is 17.5. The number of anilines is 12. The second-order valence-corrected chi connectivity index (χ2v) is 32.1. The summed E-state index contributed by atoms with van der Waals surface area (Å²) >= 11 is 0. The zero-order valence-electron chi connectivity index (χ0n) is 73.3. The second kappa shape index (κ2) is 39.7. The molecule has 0 fully saturated rings. The van der Waals surface area contributed by atoms with E-state index in [0.29, 0.717) is 13.2 Å². The number of hydrogen-bond donors (Lipinski definition) is 0. The van der Waals surface area contributed by atoms with E-state index in [2.05, 4.69) is 465 Å². The highest BCUT2D eigenvalue weighted by Gasteiger charge is 2.21. The van der Waals surface area contributed by atoms with Crippen molar-refractivity contribution in [3.63, 3.8) is 0 Å². The van der Waals surface area contributed by atoms with Crippen LogP contribution >= 0.6 is 0 Å². The normalized spacial score (nSPS) is 11.3. The minimum Gasteiger partial charge on any atom is -0.493 e. The van der Waals surface area contributed by atoms with Crippen molar-refractivity contribution in [3.8, 4) is 33.8 Å². The molecule has 0 spiro atoms. The van der Waals surface area contributed by atoms with E-state index in [-0.39, 0.29) is 0 Å². The Hall–Kier alpha value is -14.7. The summed E-state index contributed by atoms with van der Waals surface area (Å²) in [7, 11) is 0. The van der Waals surface area contributed by atoms with Crippen molar-refractivity contribution < 1.29 is 9.47 Å². The molecule has 0 aliphatic heterocycles. The highest BCUT2D eigenvalue weighted by molar-refractivity contribution is 5.87. The number of benzene rings is 16. The molecule has 16 rings (SSSR count). The van der Waals surface area contributed by atoms with Crippen LogP contribution in [0, 0.1) is 69.2 Å². The summed E-state index contributed by atoms with van der Waals surface area (Å²) in [5.74, 6) is 1.79. The summed E-state index contributed by atoms with van der Waals surface area (Å²) in [4.78, 5) is 9.36. The van der Waals surface area contributed by atoms with Gasteiger partial charge in [0.1, 0.15) is 11.5 Å². The molecule has 0 heterocycles. The Morgan fingerprint density at radius 2 is 0.387 bits per heavy atom. The molecule has 0 aliphatic rings. The Balaban J connectivity index is 0.000000192. The van der Waals surface area contributed by atoms with Crippen LogP contribution in [0.4, 0.5) is 68.2 Å². The molecule has 0 amide bonds. The van der Waals surface area contributed by atoms with Gasteiger partial charge in [-0.05, 0) is 324 Å². The molecule has 16 aromatic carbocycles. The van der Waals surface area contributed by atoms with Crippen LogP contribution in [0.15, 0.2) is 364 Å². The van der Waals surface area contributed by atoms with E-state index in [0.717, 1.165) is 113 Å². The van der Waals surface area contributed by atoms with E-state index in [1.54, 1.807) is 0 Å². The van der Waals surface area contributed by atoms with Crippen molar-refractivity contribution in [1.29, 1.82) is 0 Å². The van der Waals surface area contributed by atoms with Crippen molar-refractivity contribution in [1.82, 2.24) is 0 Å². The largest absolute Gasteiger partial charge is 0.493 e. The molecule has 16 aromatic rings. The van der Waals surface area contributed by atoms with E-state index in [1.807, 2.05) is 50.2 Å². The maximum absolute atomic E-state index is 5.86. The molecular weight excluding hydrogens is 1510 g/mol. The van der Waals surface area contributed by atoms with Crippen molar-refractivity contribution in [2.45, 2.75) is 83.1 Å². The fraction of sp³-hybridized carbons (Fsp3) is 0.119. The molecule has 0 radical (unpaired) electrons. The standard InChI is InChI=1S/2C59H54N2O/c1-7-62-59-15-11-10-14-52(59)23-22-49-25-39-58(41-46(49)6)61(54-32-18-43(3)19-33-54)56-36-28-51(29-37-56)50-26-34-55(35-27-50)60(53-30-16-42(2)17-31-53)57-38-24-48(45(5)40-57)21-20-47-13-9-8-12-44(47)4;1-7-62-59-11-9-8-10-52(59)23-22-49-25-39-58(41-46(49)6)61(54-32-16-44(4)17-33-54)56-36-28-51(29-37-56)50-26-34-55(35-27-50)60(53-30-14-43(3)15-31-53)57-38-24-48(45(5)40-57)21-20-47-18-12-42(2)13-19-47/h2*8-41H,7H2,1-6H3/b2*21-20+,23-22+. The number of aryl methyl sites for hydroxylation is 10. The van der Waals surface area contributed by atoms with Crippen LogP contribution in [0.1, 0.15) is 114 Å². The van der Waals surface area contributed by atoms with Crippen LogP contribution in [-0.2, 0) is 0 Å². The molecule has 0 unspecified atom stereocenters. The van der Waals surface area contributed by atoms with Gasteiger partial charge in [-0.25, -0.2) is 0 Å². The van der Waals surface area contributed by atoms with Gasteiger partial charge in [0.15, 0.2) is 0 Å². The van der Waals surface area contributed by atoms with Gasteiger partial charge in [0.25, 0.3) is 0 Å². The predicted molar refractivity (Wildman–Crippen MR) is 534 cm³/mol. The second-order valence-electron chi connectivity index (χ2n) is 32.1. The molecule has 6 nitrogen and oxygen atoms in total. The van der Waals surface area contributed by atoms with Gasteiger partial charge < -0.3 is 29.1 Å². The van der Waals surface area contributed by atoms with E-state index in [1.165, 1.54) is 89.0 Å². The van der Waals surface area contributed by atoms with Gasteiger partial charge in [0.2, 0.25) is 0 Å². The lowest BCUT2D eigenvalue weighted by atomic mass is 10.0. The number of para-hydroxylation sites is 2. The first-order valence-corrected chi connectivity index (χ1v) is 43.1. The van der Waals surface area contributed by atoms with Gasteiger partial charge in [-0.3, -0.25) is 0 Å². The smallest absolute Gasteiger partial charge is 0.126 e. The van der Waals surface area contributed by atoms with Crippen LogP contribution in [0.2, 0.25) is 0 Å². The predicted octanol–water partition coefficient (Wildman–Crippen LogP) is 33.1. The first-order valence-electron chi connectivity index (χ1n) is 43.1. The zero-order valence-corrected chi connectivity index (χ0v) is 73.3. The Morgan fingerprint density at radius 3 is 0.637 bits per heavy atom. The molecule has 0 N–H and O–H groups in total. The Labute approximate surface area is 735 Å². The van der Waals surface area contributed by atoms with Crippen LogP contribution < -0.4 is 29.1 Å². The fourth-order valence-electron chi connectivity index (χ4n) is 15.7. The molecule has 0 aliphatic carbocycles. The van der Waals surface area contributed by atoms with E-state index >= 15 is 0 Å². The van der Waals surface area contributed by atoms with Gasteiger partial charge in [-0.15, -0.1) is 0 Å². The highest BCUT2D eigenvalue weighted by Crippen LogP contribution is 2.44. The minimum absolute atomic E-state index is 0.637. The van der Waals surface area contributed by atoms with Crippen molar-refractivity contribution in [2.24, 2.45) is 0 Å². The number of nitrogens with zero attached hydrogens (tertiary/aromatic N) is 4. The zero-order chi connectivity index (χ0) is 86.0. The molecular formula is C118H108N4O2. The Kier molecular flexibility index (Phi) is 27.0. The molecule has 124 heavy (non-hydrogen) atoms. The van der Waals surface area contributed by atoms with E-state index < -0.39 is 0 Å². The van der Waals surface area contributed by atoms with Crippen LogP contribution in [-0.4, -0.2) is 13.2 Å². The summed E-state index contributed by atoms with van der Waals surface area (Å²) in [6, 6.07) is 131. The van der Waals surface area contributed by atoms with Crippen LogP contribution in [0.3, 0.4) is 0 Å². The third-order valence-corrected chi connectivity index (χ3v) is 22.9. The quantitative estimate of drug-likeness (QED) is 0.0502. The molecule has 0 atom stereocenters. The molecule has 612 valence electrons. The first-order chi connectivity index (χ1) is 60.4. The lowest BCUT2D eigenvalue weighted by molar-refractivity contribution is 0.339. The Bertz CT molecular complexity index is 6440. The minimum atomic E-state index is 0.637. The van der Waals surface area contributed by atoms with Crippen LogP contribution in [0.5, 0.6) is 11.5 Å². The van der Waals surface area contributed by atoms with Gasteiger partial charge in [-0.2, -0.15) is 0 Å². The lowest BCUT2D eigenvalue weighted by Crippen LogP contribution is -2.10. The average molecular weight is 1610 g/mol. The Morgan fingerprint density at radius 1 is 0.185 bits per heavy atom. The fourth-order valence-corrected chi connectivity index (χ4v) is 15.7. The maximum Gasteiger partial charge on any atom is 0.126 e. The van der Waals surface area contributed by atoms with Gasteiger partial charge >= 0.3 is 0 Å². The lowest BCUT2D eigenvalue weighted by Gasteiger charge is -2.27. The monoisotopic (exact) mass is 1610 g/mol. The topological polar surface area (TPSA) is 31.4 Å². The summed E-state index contributed by atoms with van der Waals surface area (Å²) < 4.78 is 11.7. The summed E-state index contributed by atoms with van der Waals surface area (Å²) in [5, 5.41) is 0. The van der Waals surface area contributed by atoms with Gasteiger partial charge in [0, 0.05) is 79.4 Å². The van der Waals surface area contributed by atoms with Gasteiger partial charge in [0.05, 0.1) is 13.2 Å². The first kappa shape index (κ1) is 84.3. The maximum atomic E-state index is 5.86. The van der Waals surface area contributed by atoms with Crippen molar-refractivity contribution in [2.75, 3.05) is 32.8 Å². The summed E-state index contributed by atoms with van der Waals surface area (Å²) in [5.41, 5.74) is 39.6. The van der Waals surface area contributed by atoms with E-state index in [9.17, 15) is 0 Å². The van der Waals surface area contributed by atoms with Crippen LogP contribution in [0.25, 0.3) is 70.9 Å². The van der Waals surface area contributed by atoms with Gasteiger partial charge in [-0.1, -0.05) is 283 Å². The average Bonchev–Trinajstić information content (AvgIpc) is 0.795. The molecule has 0 saturated heterocycles. The molecule has 0 bridgehead atoms. The number of rotatable bonds is 26. The summed E-state index contributed by atoms with van der Waals surface area (Å²) in [6.45, 7) is 26.9. The number of ether oxygens (including phenoxy) is 2. The third kappa shape index (κ3) is 20.6. The molecule has 0 aromatic heterocycles. The highest BCUT2D eigenvalue weighted by atomic mass is 16.5. The van der Waals surface area contributed by atoms with Crippen molar-refractivity contribution in [3.05, 3.63) is 464 Å². The molecule has 0 saturated carbocycles. The van der Waals surface area contributed by atoms with E-state index in [4.69, 9.17) is 9.47 Å². The van der Waals surface area contributed by atoms with Crippen molar-refractivity contribution >= 4 is 117 Å². The third-order valence-electron chi connectivity index (χ3n) is 22.9. The molecule has 6 heteroatoms. The number of hydrogen-bond acceptors (Lipinski definition) is 6.